The van der Waals surface area contributed by atoms with E-state index in [2.05, 4.69) is 20.1 Å². The Kier molecular flexibility index (Phi) is 7.45. The van der Waals surface area contributed by atoms with E-state index in [1.165, 1.54) is 19.3 Å². The van der Waals surface area contributed by atoms with Crippen molar-refractivity contribution in [2.75, 3.05) is 44.4 Å². The van der Waals surface area contributed by atoms with E-state index in [9.17, 15) is 5.11 Å². The number of piperidine rings is 1. The van der Waals surface area contributed by atoms with Crippen LogP contribution in [0.2, 0.25) is 5.02 Å². The number of benzene rings is 3. The molecule has 4 bridgehead atoms. The number of hydrogen-bond donors (Lipinski definition) is 2. The summed E-state index contributed by atoms with van der Waals surface area (Å²) in [5.41, 5.74) is 0.899. The fourth-order valence-corrected chi connectivity index (χ4v) is 8.17. The number of aromatic nitrogens is 2. The minimum absolute atomic E-state index is 0.0439. The molecule has 230 valence electrons. The molecule has 4 aliphatic heterocycles. The highest BCUT2D eigenvalue weighted by molar-refractivity contribution is 6.35. The second-order valence-electron chi connectivity index (χ2n) is 12.7. The molecule has 0 aliphatic carbocycles. The molecule has 4 unspecified atom stereocenters. The molecule has 8 nitrogen and oxygen atoms in total. The summed E-state index contributed by atoms with van der Waals surface area (Å²) in [6.07, 6.45) is 6.68. The zero-order chi connectivity index (χ0) is 29.8. The van der Waals surface area contributed by atoms with E-state index >= 15 is 4.39 Å². The molecule has 4 saturated heterocycles. The van der Waals surface area contributed by atoms with E-state index in [1.807, 2.05) is 24.3 Å². The number of fused-ring (bicyclic) bond motifs is 6. The van der Waals surface area contributed by atoms with Crippen molar-refractivity contribution >= 4 is 39.1 Å². The van der Waals surface area contributed by atoms with Crippen LogP contribution in [-0.4, -0.2) is 83.6 Å². The number of hydrogen-bond acceptors (Lipinski definition) is 8. The van der Waals surface area contributed by atoms with E-state index in [0.29, 0.717) is 47.5 Å². The number of halogens is 2. The predicted octanol–water partition coefficient (Wildman–Crippen LogP) is 5.91. The van der Waals surface area contributed by atoms with Gasteiger partial charge < -0.3 is 24.8 Å². The van der Waals surface area contributed by atoms with Gasteiger partial charge in [-0.1, -0.05) is 42.3 Å². The Balaban J connectivity index is 1.16. The Morgan fingerprint density at radius 1 is 1.00 bits per heavy atom. The normalized spacial score (nSPS) is 25.2. The predicted molar refractivity (Wildman–Crippen MR) is 170 cm³/mol. The van der Waals surface area contributed by atoms with E-state index in [1.54, 1.807) is 18.2 Å². The lowest BCUT2D eigenvalue weighted by Gasteiger charge is -2.45. The Hall–Kier alpha value is -3.24. The molecule has 8 rings (SSSR count). The molecule has 4 fully saturated rings. The van der Waals surface area contributed by atoms with Crippen molar-refractivity contribution in [1.82, 2.24) is 20.2 Å². The third-order valence-corrected chi connectivity index (χ3v) is 10.2. The van der Waals surface area contributed by atoms with Crippen molar-refractivity contribution in [2.45, 2.75) is 62.7 Å². The van der Waals surface area contributed by atoms with Crippen LogP contribution in [0, 0.1) is 5.82 Å². The Bertz CT molecular complexity index is 1690. The first-order chi connectivity index (χ1) is 21.5. The van der Waals surface area contributed by atoms with Crippen LogP contribution in [0.25, 0.3) is 32.8 Å². The number of aromatic hydroxyl groups is 1. The molecule has 0 radical (unpaired) electrons. The topological polar surface area (TPSA) is 83.0 Å². The van der Waals surface area contributed by atoms with Crippen molar-refractivity contribution in [3.05, 3.63) is 53.3 Å². The number of nitrogens with one attached hydrogen (secondary N) is 1. The number of ether oxygens (including phenoxy) is 2. The van der Waals surface area contributed by atoms with Crippen molar-refractivity contribution < 1.29 is 19.0 Å². The van der Waals surface area contributed by atoms with Crippen molar-refractivity contribution in [3.63, 3.8) is 0 Å². The highest BCUT2D eigenvalue weighted by Crippen LogP contribution is 2.43. The molecule has 4 aliphatic rings. The summed E-state index contributed by atoms with van der Waals surface area (Å²) < 4.78 is 28.8. The molecule has 1 aromatic heterocycles. The summed E-state index contributed by atoms with van der Waals surface area (Å²) >= 11 is 6.88. The van der Waals surface area contributed by atoms with E-state index in [-0.39, 0.29) is 27.9 Å². The summed E-state index contributed by atoms with van der Waals surface area (Å²) in [4.78, 5) is 14.3. The molecule has 4 atom stereocenters. The smallest absolute Gasteiger partial charge is 0.319 e. The van der Waals surface area contributed by atoms with Crippen LogP contribution in [-0.2, 0) is 4.74 Å². The zero-order valence-corrected chi connectivity index (χ0v) is 25.4. The Labute approximate surface area is 261 Å². The van der Waals surface area contributed by atoms with Crippen LogP contribution in [0.3, 0.4) is 0 Å². The van der Waals surface area contributed by atoms with Gasteiger partial charge in [0, 0.05) is 54.8 Å². The van der Waals surface area contributed by atoms with Gasteiger partial charge >= 0.3 is 6.01 Å². The summed E-state index contributed by atoms with van der Waals surface area (Å²) in [7, 11) is 0. The molecule has 0 amide bonds. The van der Waals surface area contributed by atoms with Gasteiger partial charge in [0.1, 0.15) is 17.1 Å². The monoisotopic (exact) mass is 617 g/mol. The largest absolute Gasteiger partial charge is 0.508 e. The standard InChI is InChI=1S/C34H37ClFN5O3/c35-29-15-28-32(31(36)30(29)27-14-25(42)13-20-5-1-2-8-26(20)27)38-34(39-33(28)40-16-21-9-10-22(17-40)37-21)44-12-4-11-41-23-6-3-7-24(41)19-43-18-23/h1-2,5,8,13-15,21-24,37,42H,3-4,6-7,9-12,16-19H2. The maximum atomic E-state index is 16.8. The van der Waals surface area contributed by atoms with Gasteiger partial charge in [0.05, 0.1) is 24.8 Å². The van der Waals surface area contributed by atoms with Gasteiger partial charge in [-0.05, 0) is 66.6 Å². The van der Waals surface area contributed by atoms with Gasteiger partial charge in [0.15, 0.2) is 5.82 Å². The SMILES string of the molecule is Oc1cc(-c2c(Cl)cc3c(N4CC5CCC(C4)N5)nc(OCCCN4C5CCCC4COC5)nc3c2F)c2ccccc2c1. The maximum Gasteiger partial charge on any atom is 0.319 e. The van der Waals surface area contributed by atoms with Crippen molar-refractivity contribution in [3.8, 4) is 22.9 Å². The summed E-state index contributed by atoms with van der Waals surface area (Å²) in [6, 6.07) is 14.5. The van der Waals surface area contributed by atoms with Gasteiger partial charge in [-0.2, -0.15) is 9.97 Å². The number of phenols is 1. The molecule has 10 heteroatoms. The third-order valence-electron chi connectivity index (χ3n) is 9.90. The van der Waals surface area contributed by atoms with Crippen LogP contribution in [0.5, 0.6) is 11.8 Å². The minimum Gasteiger partial charge on any atom is -0.508 e. The van der Waals surface area contributed by atoms with Crippen LogP contribution >= 0.6 is 11.6 Å². The number of phenolic OH excluding ortho intramolecular Hbond substituents is 1. The lowest BCUT2D eigenvalue weighted by molar-refractivity contribution is -0.0741. The van der Waals surface area contributed by atoms with Gasteiger partial charge in [-0.25, -0.2) is 4.39 Å². The summed E-state index contributed by atoms with van der Waals surface area (Å²) in [5.74, 6) is 0.151. The van der Waals surface area contributed by atoms with Crippen LogP contribution < -0.4 is 15.0 Å². The van der Waals surface area contributed by atoms with E-state index in [4.69, 9.17) is 26.1 Å². The fraction of sp³-hybridized carbons (Fsp3) is 0.471. The highest BCUT2D eigenvalue weighted by atomic mass is 35.5. The summed E-state index contributed by atoms with van der Waals surface area (Å²) in [5, 5.41) is 16.6. The second kappa shape index (κ2) is 11.6. The molecular formula is C34H37ClFN5O3. The Morgan fingerprint density at radius 2 is 1.77 bits per heavy atom. The first-order valence-electron chi connectivity index (χ1n) is 15.9. The van der Waals surface area contributed by atoms with Gasteiger partial charge in [-0.3, -0.25) is 4.90 Å². The van der Waals surface area contributed by atoms with Crippen LogP contribution in [0.1, 0.15) is 38.5 Å². The zero-order valence-electron chi connectivity index (χ0n) is 24.6. The quantitative estimate of drug-likeness (QED) is 0.248. The van der Waals surface area contributed by atoms with Crippen molar-refractivity contribution in [2.24, 2.45) is 0 Å². The lowest BCUT2D eigenvalue weighted by Crippen LogP contribution is -2.55. The minimum atomic E-state index is -0.545. The molecule has 5 heterocycles. The first kappa shape index (κ1) is 28.2. The van der Waals surface area contributed by atoms with Crippen LogP contribution in [0.15, 0.2) is 42.5 Å². The maximum absolute atomic E-state index is 16.8. The average molecular weight is 618 g/mol. The van der Waals surface area contributed by atoms with E-state index in [0.717, 1.165) is 62.9 Å². The van der Waals surface area contributed by atoms with Crippen molar-refractivity contribution in [1.29, 1.82) is 0 Å². The number of rotatable bonds is 7. The first-order valence-corrected chi connectivity index (χ1v) is 16.3. The number of piperazine rings is 1. The number of anilines is 1. The molecule has 44 heavy (non-hydrogen) atoms. The van der Waals surface area contributed by atoms with Crippen LogP contribution in [0.4, 0.5) is 10.2 Å². The molecule has 4 aromatic rings. The van der Waals surface area contributed by atoms with E-state index < -0.39 is 5.82 Å². The van der Waals surface area contributed by atoms with Gasteiger partial charge in [-0.15, -0.1) is 0 Å². The molecule has 3 aromatic carbocycles. The molecule has 0 spiro atoms. The van der Waals surface area contributed by atoms with Gasteiger partial charge in [0.2, 0.25) is 0 Å². The summed E-state index contributed by atoms with van der Waals surface area (Å²) in [6.45, 7) is 4.53. The third kappa shape index (κ3) is 5.13. The second-order valence-corrected chi connectivity index (χ2v) is 13.2. The molecule has 2 N–H and O–H groups in total. The fourth-order valence-electron chi connectivity index (χ4n) is 7.88. The lowest BCUT2D eigenvalue weighted by atomic mass is 9.94. The average Bonchev–Trinajstić information content (AvgIpc) is 3.35. The van der Waals surface area contributed by atoms with Gasteiger partial charge in [0.25, 0.3) is 0 Å². The number of morpholine rings is 1. The number of nitrogens with zero attached hydrogens (tertiary/aromatic N) is 4. The Morgan fingerprint density at radius 3 is 2.57 bits per heavy atom. The molecule has 0 saturated carbocycles. The highest BCUT2D eigenvalue weighted by Gasteiger charge is 2.35. The molecular weight excluding hydrogens is 581 g/mol.